The normalized spacial score (nSPS) is 11.9. The van der Waals surface area contributed by atoms with E-state index in [0.29, 0.717) is 12.8 Å². The van der Waals surface area contributed by atoms with Gasteiger partial charge in [0.05, 0.1) is 13.0 Å². The van der Waals surface area contributed by atoms with Gasteiger partial charge in [-0.3, -0.25) is 14.4 Å². The molecule has 0 heterocycles. The minimum absolute atomic E-state index is 0.0334. The van der Waals surface area contributed by atoms with Crippen LogP contribution in [0, 0.1) is 0 Å². The lowest BCUT2D eigenvalue weighted by Crippen LogP contribution is -2.39. The summed E-state index contributed by atoms with van der Waals surface area (Å²) in [5, 5.41) is 18.3. The van der Waals surface area contributed by atoms with Crippen LogP contribution in [0.25, 0.3) is 0 Å². The van der Waals surface area contributed by atoms with Crippen molar-refractivity contribution in [3.8, 4) is 0 Å². The lowest BCUT2D eigenvalue weighted by Gasteiger charge is -2.23. The van der Waals surface area contributed by atoms with Crippen molar-refractivity contribution < 1.29 is 29.3 Å². The SMILES string of the molecule is CCCCCCCCCCCCCC(=O)O[C@H](CCCCCCCCCCC)CC(=O)N(CCO)CC(=O)O. The Labute approximate surface area is 239 Å². The molecule has 2 N–H and O–H groups in total. The number of nitrogens with zero attached hydrogens (tertiary/aromatic N) is 1. The van der Waals surface area contributed by atoms with E-state index in [1.807, 2.05) is 0 Å². The van der Waals surface area contributed by atoms with Gasteiger partial charge in [0, 0.05) is 13.0 Å². The van der Waals surface area contributed by atoms with Gasteiger partial charge in [0.1, 0.15) is 12.6 Å². The second kappa shape index (κ2) is 27.9. The summed E-state index contributed by atoms with van der Waals surface area (Å²) < 4.78 is 5.72. The quantitative estimate of drug-likeness (QED) is 0.0720. The number of carbonyl (C=O) groups is 3. The van der Waals surface area contributed by atoms with Gasteiger partial charge in [0.15, 0.2) is 0 Å². The molecule has 0 spiro atoms. The third-order valence-corrected chi connectivity index (χ3v) is 7.36. The van der Waals surface area contributed by atoms with Crippen molar-refractivity contribution in [2.75, 3.05) is 19.7 Å². The van der Waals surface area contributed by atoms with Crippen LogP contribution in [0.5, 0.6) is 0 Å². The molecule has 0 aliphatic carbocycles. The highest BCUT2D eigenvalue weighted by Crippen LogP contribution is 2.17. The molecule has 7 nitrogen and oxygen atoms in total. The molecule has 0 radical (unpaired) electrons. The van der Waals surface area contributed by atoms with Gasteiger partial charge in [-0.15, -0.1) is 0 Å². The number of carboxylic acid groups (broad SMARTS) is 1. The molecule has 0 aliphatic heterocycles. The van der Waals surface area contributed by atoms with Crippen LogP contribution in [-0.4, -0.2) is 58.8 Å². The summed E-state index contributed by atoms with van der Waals surface area (Å²) in [5.41, 5.74) is 0. The van der Waals surface area contributed by atoms with Crippen molar-refractivity contribution in [3.63, 3.8) is 0 Å². The van der Waals surface area contributed by atoms with Gasteiger partial charge in [-0.1, -0.05) is 129 Å². The second-order valence-electron chi connectivity index (χ2n) is 11.2. The first-order chi connectivity index (χ1) is 18.9. The Bertz CT molecular complexity index is 597. The van der Waals surface area contributed by atoms with Gasteiger partial charge in [-0.25, -0.2) is 0 Å². The summed E-state index contributed by atoms with van der Waals surface area (Å²) in [4.78, 5) is 37.5. The fourth-order valence-corrected chi connectivity index (χ4v) is 4.96. The molecule has 7 heteroatoms. The third-order valence-electron chi connectivity index (χ3n) is 7.36. The largest absolute Gasteiger partial charge is 0.480 e. The Morgan fingerprint density at radius 3 is 1.54 bits per heavy atom. The maximum atomic E-state index is 12.7. The molecule has 1 atom stereocenters. The first-order valence-corrected chi connectivity index (χ1v) is 16.2. The van der Waals surface area contributed by atoms with Crippen LogP contribution < -0.4 is 0 Å². The first kappa shape index (κ1) is 37.4. The van der Waals surface area contributed by atoms with Crippen LogP contribution >= 0.6 is 0 Å². The summed E-state index contributed by atoms with van der Waals surface area (Å²) in [6.07, 6.45) is 24.4. The molecule has 1 amide bonds. The lowest BCUT2D eigenvalue weighted by atomic mass is 10.0. The van der Waals surface area contributed by atoms with E-state index < -0.39 is 24.5 Å². The molecule has 0 aliphatic rings. The standard InChI is InChI=1S/C32H61NO6/c1-3-5-7-9-11-13-14-16-18-20-22-24-32(38)39-29(23-21-19-17-15-12-10-8-6-4-2)27-30(35)33(25-26-34)28-31(36)37/h29,34H,3-28H2,1-2H3,(H,36,37)/t29-/m1/s1. The van der Waals surface area contributed by atoms with Crippen LogP contribution in [-0.2, 0) is 19.1 Å². The van der Waals surface area contributed by atoms with Crippen LogP contribution in [0.3, 0.4) is 0 Å². The van der Waals surface area contributed by atoms with Crippen molar-refractivity contribution in [2.45, 2.75) is 168 Å². The number of hydrogen-bond donors (Lipinski definition) is 2. The van der Waals surface area contributed by atoms with Crippen LogP contribution in [0.1, 0.15) is 162 Å². The second-order valence-corrected chi connectivity index (χ2v) is 11.2. The summed E-state index contributed by atoms with van der Waals surface area (Å²) in [5.74, 6) is -1.79. The molecular formula is C32H61NO6. The monoisotopic (exact) mass is 555 g/mol. The van der Waals surface area contributed by atoms with Crippen molar-refractivity contribution in [1.82, 2.24) is 4.90 Å². The zero-order valence-corrected chi connectivity index (χ0v) is 25.4. The number of esters is 1. The van der Waals surface area contributed by atoms with Crippen LogP contribution in [0.4, 0.5) is 0 Å². The summed E-state index contributed by atoms with van der Waals surface area (Å²) in [6, 6.07) is 0. The molecule has 39 heavy (non-hydrogen) atoms. The van der Waals surface area contributed by atoms with Gasteiger partial charge >= 0.3 is 11.9 Å². The number of aliphatic hydroxyl groups excluding tert-OH is 1. The number of hydrogen-bond acceptors (Lipinski definition) is 5. The lowest BCUT2D eigenvalue weighted by molar-refractivity contribution is -0.154. The molecular weight excluding hydrogens is 494 g/mol. The number of amides is 1. The van der Waals surface area contributed by atoms with Crippen molar-refractivity contribution in [1.29, 1.82) is 0 Å². The Kier molecular flexibility index (Phi) is 26.8. The van der Waals surface area contributed by atoms with E-state index in [9.17, 15) is 19.5 Å². The molecule has 0 fully saturated rings. The molecule has 0 bridgehead atoms. The van der Waals surface area contributed by atoms with Gasteiger partial charge < -0.3 is 19.8 Å². The summed E-state index contributed by atoms with van der Waals surface area (Å²) in [7, 11) is 0. The van der Waals surface area contributed by atoms with E-state index in [-0.39, 0.29) is 25.5 Å². The highest BCUT2D eigenvalue weighted by Gasteiger charge is 2.23. The Morgan fingerprint density at radius 2 is 1.10 bits per heavy atom. The van der Waals surface area contributed by atoms with E-state index >= 15 is 0 Å². The Balaban J connectivity index is 4.42. The zero-order valence-electron chi connectivity index (χ0n) is 25.4. The van der Waals surface area contributed by atoms with E-state index in [0.717, 1.165) is 43.4 Å². The number of aliphatic carboxylic acids is 1. The number of rotatable bonds is 29. The molecule has 230 valence electrons. The Morgan fingerprint density at radius 1 is 0.667 bits per heavy atom. The Hall–Kier alpha value is -1.63. The number of carboxylic acids is 1. The number of unbranched alkanes of at least 4 members (excludes halogenated alkanes) is 18. The fourth-order valence-electron chi connectivity index (χ4n) is 4.96. The molecule has 0 rings (SSSR count). The smallest absolute Gasteiger partial charge is 0.323 e. The van der Waals surface area contributed by atoms with E-state index in [2.05, 4.69) is 13.8 Å². The van der Waals surface area contributed by atoms with Gasteiger partial charge in [0.25, 0.3) is 0 Å². The molecule has 0 unspecified atom stereocenters. The molecule has 0 aromatic heterocycles. The topological polar surface area (TPSA) is 104 Å². The molecule has 0 aromatic rings. The predicted octanol–water partition coefficient (Wildman–Crippen LogP) is 7.82. The predicted molar refractivity (Wildman–Crippen MR) is 159 cm³/mol. The van der Waals surface area contributed by atoms with E-state index in [4.69, 9.17) is 9.84 Å². The number of aliphatic hydroxyl groups is 1. The maximum absolute atomic E-state index is 12.7. The minimum Gasteiger partial charge on any atom is -0.480 e. The highest BCUT2D eigenvalue weighted by atomic mass is 16.5. The molecule has 0 saturated heterocycles. The average Bonchev–Trinajstić information content (AvgIpc) is 2.90. The number of ether oxygens (including phenoxy) is 1. The van der Waals surface area contributed by atoms with Crippen molar-refractivity contribution >= 4 is 17.8 Å². The van der Waals surface area contributed by atoms with Crippen LogP contribution in [0.2, 0.25) is 0 Å². The maximum Gasteiger partial charge on any atom is 0.323 e. The van der Waals surface area contributed by atoms with Gasteiger partial charge in [-0.05, 0) is 19.3 Å². The third kappa shape index (κ3) is 25.1. The summed E-state index contributed by atoms with van der Waals surface area (Å²) >= 11 is 0. The molecule has 0 aromatic carbocycles. The van der Waals surface area contributed by atoms with Gasteiger partial charge in [0.2, 0.25) is 5.91 Å². The zero-order chi connectivity index (χ0) is 29.0. The molecule has 0 saturated carbocycles. The van der Waals surface area contributed by atoms with Crippen molar-refractivity contribution in [2.24, 2.45) is 0 Å². The van der Waals surface area contributed by atoms with Crippen molar-refractivity contribution in [3.05, 3.63) is 0 Å². The number of carbonyl (C=O) groups excluding carboxylic acids is 2. The summed E-state index contributed by atoms with van der Waals surface area (Å²) in [6.45, 7) is 3.65. The average molecular weight is 556 g/mol. The highest BCUT2D eigenvalue weighted by molar-refractivity contribution is 5.82. The van der Waals surface area contributed by atoms with E-state index in [1.165, 1.54) is 89.9 Å². The first-order valence-electron chi connectivity index (χ1n) is 16.2. The van der Waals surface area contributed by atoms with Crippen LogP contribution in [0.15, 0.2) is 0 Å². The van der Waals surface area contributed by atoms with Gasteiger partial charge in [-0.2, -0.15) is 0 Å². The minimum atomic E-state index is -1.12. The fraction of sp³-hybridized carbons (Fsp3) is 0.906. The van der Waals surface area contributed by atoms with E-state index in [1.54, 1.807) is 0 Å².